The Balaban J connectivity index is 1.30. The van der Waals surface area contributed by atoms with Crippen LogP contribution in [0, 0.1) is 6.92 Å². The molecule has 5 rings (SSSR count). The average Bonchev–Trinajstić information content (AvgIpc) is 3.16. The minimum Gasteiger partial charge on any atom is -0.406 e. The fourth-order valence-corrected chi connectivity index (χ4v) is 5.03. The van der Waals surface area contributed by atoms with Gasteiger partial charge in [0, 0.05) is 69.3 Å². The summed E-state index contributed by atoms with van der Waals surface area (Å²) in [5, 5.41) is 0. The predicted octanol–water partition coefficient (Wildman–Crippen LogP) is 4.86. The van der Waals surface area contributed by atoms with Crippen molar-refractivity contribution in [3.8, 4) is 16.9 Å². The number of piperazine rings is 1. The van der Waals surface area contributed by atoms with Gasteiger partial charge in [-0.15, -0.1) is 13.2 Å². The fourth-order valence-electron chi connectivity index (χ4n) is 5.03. The Bertz CT molecular complexity index is 1290. The Morgan fingerprint density at radius 1 is 0.919 bits per heavy atom. The Morgan fingerprint density at radius 3 is 2.35 bits per heavy atom. The van der Waals surface area contributed by atoms with E-state index in [1.807, 2.05) is 25.4 Å². The van der Waals surface area contributed by atoms with Gasteiger partial charge in [-0.3, -0.25) is 14.7 Å². The number of nitrogens with zero attached hydrogens (tertiary/aromatic N) is 4. The SMILES string of the molecule is Cc1cc(-c2cncc(CN3CCN(C)CC3)c2)cc2c1C(=O)N(Cc1ccc(OC(F)(F)F)cc1)C2. The molecule has 0 bridgehead atoms. The molecule has 37 heavy (non-hydrogen) atoms. The first-order valence-corrected chi connectivity index (χ1v) is 12.3. The van der Waals surface area contributed by atoms with Crippen molar-refractivity contribution in [2.75, 3.05) is 33.2 Å². The van der Waals surface area contributed by atoms with Gasteiger partial charge in [0.15, 0.2) is 0 Å². The van der Waals surface area contributed by atoms with Crippen molar-refractivity contribution in [3.05, 3.63) is 82.7 Å². The van der Waals surface area contributed by atoms with E-state index in [1.165, 1.54) is 12.1 Å². The zero-order valence-electron chi connectivity index (χ0n) is 20.9. The molecule has 2 aliphatic heterocycles. The molecule has 0 unspecified atom stereocenters. The lowest BCUT2D eigenvalue weighted by Crippen LogP contribution is -2.43. The number of rotatable bonds is 6. The molecule has 9 heteroatoms. The number of halogens is 3. The molecule has 3 heterocycles. The van der Waals surface area contributed by atoms with Gasteiger partial charge in [0.1, 0.15) is 5.75 Å². The lowest BCUT2D eigenvalue weighted by molar-refractivity contribution is -0.274. The van der Waals surface area contributed by atoms with Gasteiger partial charge in [-0.25, -0.2) is 0 Å². The Hall–Kier alpha value is -3.43. The first-order valence-electron chi connectivity index (χ1n) is 12.3. The van der Waals surface area contributed by atoms with Crippen molar-refractivity contribution in [3.63, 3.8) is 0 Å². The third-order valence-electron chi connectivity index (χ3n) is 6.94. The van der Waals surface area contributed by atoms with Crippen LogP contribution in [0.3, 0.4) is 0 Å². The summed E-state index contributed by atoms with van der Waals surface area (Å²) in [5.74, 6) is -0.354. The van der Waals surface area contributed by atoms with Crippen LogP contribution in [0.1, 0.15) is 32.6 Å². The molecule has 0 N–H and O–H groups in total. The molecule has 2 aliphatic rings. The number of fused-ring (bicyclic) bond motifs is 1. The van der Waals surface area contributed by atoms with E-state index in [-0.39, 0.29) is 11.7 Å². The molecule has 1 fully saturated rings. The zero-order valence-corrected chi connectivity index (χ0v) is 20.9. The number of carbonyl (C=O) groups excluding carboxylic acids is 1. The maximum atomic E-state index is 13.2. The largest absolute Gasteiger partial charge is 0.573 e. The fraction of sp³-hybridized carbons (Fsp3) is 0.357. The number of alkyl halides is 3. The standard InChI is InChI=1S/C28H29F3N4O2/c1-19-11-22(23-12-21(14-32-15-23)16-34-9-7-33(2)8-10-34)13-24-18-35(27(36)26(19)24)17-20-3-5-25(6-4-20)37-28(29,30)31/h3-6,11-15H,7-10,16-18H2,1-2H3. The Labute approximate surface area is 214 Å². The first-order chi connectivity index (χ1) is 17.6. The molecule has 3 aromatic rings. The molecule has 194 valence electrons. The molecule has 0 aliphatic carbocycles. The Kier molecular flexibility index (Phi) is 6.92. The summed E-state index contributed by atoms with van der Waals surface area (Å²) in [6.07, 6.45) is -0.963. The van der Waals surface area contributed by atoms with Gasteiger partial charge in [-0.2, -0.15) is 0 Å². The van der Waals surface area contributed by atoms with Crippen LogP contribution in [-0.4, -0.2) is 65.2 Å². The zero-order chi connectivity index (χ0) is 26.2. The van der Waals surface area contributed by atoms with E-state index in [1.54, 1.807) is 17.0 Å². The van der Waals surface area contributed by atoms with Crippen LogP contribution in [0.2, 0.25) is 0 Å². The maximum Gasteiger partial charge on any atom is 0.573 e. The van der Waals surface area contributed by atoms with Crippen LogP contribution in [0.4, 0.5) is 13.2 Å². The number of hydrogen-bond donors (Lipinski definition) is 0. The number of benzene rings is 2. The molecule has 1 aromatic heterocycles. The van der Waals surface area contributed by atoms with Gasteiger partial charge >= 0.3 is 6.36 Å². The van der Waals surface area contributed by atoms with E-state index in [0.29, 0.717) is 18.7 Å². The van der Waals surface area contributed by atoms with Crippen LogP contribution in [0.25, 0.3) is 11.1 Å². The summed E-state index contributed by atoms with van der Waals surface area (Å²) in [6, 6.07) is 11.9. The lowest BCUT2D eigenvalue weighted by atomic mass is 9.96. The number of hydrogen-bond acceptors (Lipinski definition) is 5. The highest BCUT2D eigenvalue weighted by atomic mass is 19.4. The van der Waals surface area contributed by atoms with Crippen molar-refractivity contribution in [2.24, 2.45) is 0 Å². The molecule has 1 saturated heterocycles. The van der Waals surface area contributed by atoms with Crippen molar-refractivity contribution >= 4 is 5.91 Å². The minimum absolute atomic E-state index is 0.0726. The summed E-state index contributed by atoms with van der Waals surface area (Å²) in [4.78, 5) is 24.1. The van der Waals surface area contributed by atoms with Crippen LogP contribution >= 0.6 is 0 Å². The van der Waals surface area contributed by atoms with Crippen molar-refractivity contribution < 1.29 is 22.7 Å². The molecule has 0 atom stereocenters. The van der Waals surface area contributed by atoms with Crippen molar-refractivity contribution in [1.82, 2.24) is 19.7 Å². The van der Waals surface area contributed by atoms with Crippen LogP contribution < -0.4 is 4.74 Å². The molecule has 0 spiro atoms. The highest BCUT2D eigenvalue weighted by Crippen LogP contribution is 2.33. The third-order valence-corrected chi connectivity index (χ3v) is 6.94. The van der Waals surface area contributed by atoms with E-state index in [0.717, 1.165) is 66.1 Å². The van der Waals surface area contributed by atoms with Gasteiger partial charge in [-0.05, 0) is 66.1 Å². The Morgan fingerprint density at radius 2 is 1.65 bits per heavy atom. The highest BCUT2D eigenvalue weighted by Gasteiger charge is 2.32. The molecule has 1 amide bonds. The average molecular weight is 511 g/mol. The first kappa shape index (κ1) is 25.2. The molecular formula is C28H29F3N4O2. The van der Waals surface area contributed by atoms with E-state index in [9.17, 15) is 18.0 Å². The topological polar surface area (TPSA) is 48.9 Å². The molecule has 0 radical (unpaired) electrons. The molecular weight excluding hydrogens is 481 g/mol. The van der Waals surface area contributed by atoms with Crippen molar-refractivity contribution in [2.45, 2.75) is 32.9 Å². The number of likely N-dealkylation sites (N-methyl/N-ethyl adjacent to an activating group) is 1. The molecule has 0 saturated carbocycles. The van der Waals surface area contributed by atoms with Crippen LogP contribution in [0.5, 0.6) is 5.75 Å². The van der Waals surface area contributed by atoms with E-state index in [2.05, 4.69) is 38.7 Å². The summed E-state index contributed by atoms with van der Waals surface area (Å²) >= 11 is 0. The summed E-state index contributed by atoms with van der Waals surface area (Å²) in [7, 11) is 2.14. The van der Waals surface area contributed by atoms with E-state index >= 15 is 0 Å². The number of aryl methyl sites for hydroxylation is 1. The normalized spacial score (nSPS) is 16.8. The quantitative estimate of drug-likeness (QED) is 0.474. The third kappa shape index (κ3) is 5.94. The number of carbonyl (C=O) groups is 1. The summed E-state index contributed by atoms with van der Waals surface area (Å²) in [6.45, 7) is 7.74. The summed E-state index contributed by atoms with van der Waals surface area (Å²) < 4.78 is 41.2. The number of amides is 1. The maximum absolute atomic E-state index is 13.2. The van der Waals surface area contributed by atoms with Crippen LogP contribution in [0.15, 0.2) is 54.9 Å². The minimum atomic E-state index is -4.73. The van der Waals surface area contributed by atoms with Gasteiger partial charge < -0.3 is 14.5 Å². The monoisotopic (exact) mass is 510 g/mol. The lowest BCUT2D eigenvalue weighted by Gasteiger charge is -2.32. The molecule has 2 aromatic carbocycles. The number of ether oxygens (including phenoxy) is 1. The number of aromatic nitrogens is 1. The smallest absolute Gasteiger partial charge is 0.406 e. The van der Waals surface area contributed by atoms with Gasteiger partial charge in [0.25, 0.3) is 5.91 Å². The van der Waals surface area contributed by atoms with Gasteiger partial charge in [0.2, 0.25) is 0 Å². The van der Waals surface area contributed by atoms with Gasteiger partial charge in [0.05, 0.1) is 0 Å². The van der Waals surface area contributed by atoms with E-state index < -0.39 is 6.36 Å². The second-order valence-electron chi connectivity index (χ2n) is 9.84. The van der Waals surface area contributed by atoms with Gasteiger partial charge in [-0.1, -0.05) is 18.2 Å². The number of pyridine rings is 1. The second-order valence-corrected chi connectivity index (χ2v) is 9.84. The van der Waals surface area contributed by atoms with Crippen molar-refractivity contribution in [1.29, 1.82) is 0 Å². The van der Waals surface area contributed by atoms with Crippen LogP contribution in [-0.2, 0) is 19.6 Å². The predicted molar refractivity (Wildman–Crippen MR) is 134 cm³/mol. The van der Waals surface area contributed by atoms with E-state index in [4.69, 9.17) is 0 Å². The molecule has 6 nitrogen and oxygen atoms in total. The second kappa shape index (κ2) is 10.1. The highest BCUT2D eigenvalue weighted by molar-refractivity contribution is 6.00. The summed E-state index contributed by atoms with van der Waals surface area (Å²) in [5.41, 5.74) is 6.48.